The summed E-state index contributed by atoms with van der Waals surface area (Å²) in [6.45, 7) is 3.31. The highest BCUT2D eigenvalue weighted by Gasteiger charge is 2.25. The highest BCUT2D eigenvalue weighted by atomic mass is 19.3. The Morgan fingerprint density at radius 3 is 3.00 bits per heavy atom. The van der Waals surface area contributed by atoms with Crippen molar-refractivity contribution in [1.29, 1.82) is 0 Å². The molecule has 0 saturated heterocycles. The lowest BCUT2D eigenvalue weighted by molar-refractivity contribution is -0.188. The number of anilines is 1. The minimum absolute atomic E-state index is 0.402. The maximum atomic E-state index is 12.0. The van der Waals surface area contributed by atoms with E-state index in [1.54, 1.807) is 0 Å². The van der Waals surface area contributed by atoms with Gasteiger partial charge in [0, 0.05) is 23.3 Å². The average molecular weight is 251 g/mol. The Morgan fingerprint density at radius 1 is 1.50 bits per heavy atom. The van der Waals surface area contributed by atoms with Crippen LogP contribution in [0, 0.1) is 5.92 Å². The molecular weight excluding hydrogens is 233 g/mol. The fourth-order valence-electron chi connectivity index (χ4n) is 2.50. The molecule has 0 saturated carbocycles. The van der Waals surface area contributed by atoms with Gasteiger partial charge in [0.1, 0.15) is 0 Å². The molecule has 1 aromatic rings. The molecule has 1 heterocycles. The van der Waals surface area contributed by atoms with Gasteiger partial charge in [-0.05, 0) is 30.9 Å². The van der Waals surface area contributed by atoms with E-state index in [1.165, 1.54) is 5.56 Å². The maximum Gasteiger partial charge on any atom is 0.353 e. The van der Waals surface area contributed by atoms with Gasteiger partial charge in [-0.2, -0.15) is 0 Å². The first-order valence-corrected chi connectivity index (χ1v) is 6.41. The molecule has 0 aliphatic carbocycles. The van der Waals surface area contributed by atoms with Gasteiger partial charge in [0.05, 0.1) is 5.92 Å². The molecule has 1 aromatic carbocycles. The maximum absolute atomic E-state index is 12.0. The van der Waals surface area contributed by atoms with Crippen molar-refractivity contribution in [2.45, 2.75) is 26.2 Å². The minimum atomic E-state index is -0.763. The minimum Gasteiger partial charge on any atom is -0.370 e. The third kappa shape index (κ3) is 2.63. The molecule has 98 valence electrons. The number of para-hydroxylation sites is 1. The van der Waals surface area contributed by atoms with Gasteiger partial charge in [-0.15, -0.1) is 0 Å². The van der Waals surface area contributed by atoms with E-state index in [0.717, 1.165) is 25.1 Å². The van der Waals surface area contributed by atoms with E-state index in [4.69, 9.17) is 0 Å². The fourth-order valence-corrected chi connectivity index (χ4v) is 2.50. The number of hydrogen-bond donors (Lipinski definition) is 0. The van der Waals surface area contributed by atoms with E-state index < -0.39 is 11.9 Å². The summed E-state index contributed by atoms with van der Waals surface area (Å²) in [5.74, 6) is -1.17. The number of carbonyl (C=O) groups is 1. The lowest BCUT2D eigenvalue weighted by Crippen LogP contribution is -2.36. The van der Waals surface area contributed by atoms with E-state index in [-0.39, 0.29) is 0 Å². The Balaban J connectivity index is 2.13. The molecule has 1 aliphatic rings. The Bertz CT molecular complexity index is 422. The molecule has 1 atom stereocenters. The summed E-state index contributed by atoms with van der Waals surface area (Å²) in [6, 6.07) is 8.18. The van der Waals surface area contributed by atoms with Crippen LogP contribution in [-0.2, 0) is 16.2 Å². The van der Waals surface area contributed by atoms with Crippen LogP contribution in [0.25, 0.3) is 0 Å². The first-order valence-electron chi connectivity index (χ1n) is 6.41. The number of nitrogens with zero attached hydrogens (tertiary/aromatic N) is 1. The number of halogens is 1. The van der Waals surface area contributed by atoms with Crippen LogP contribution in [0.4, 0.5) is 10.2 Å². The zero-order chi connectivity index (χ0) is 13.0. The van der Waals surface area contributed by atoms with Crippen molar-refractivity contribution in [2.75, 3.05) is 18.0 Å². The van der Waals surface area contributed by atoms with Crippen LogP contribution < -0.4 is 4.90 Å². The molecule has 18 heavy (non-hydrogen) atoms. The number of aryl methyl sites for hydroxylation is 1. The normalized spacial score (nSPS) is 16.0. The molecule has 0 spiro atoms. The van der Waals surface area contributed by atoms with E-state index >= 15 is 0 Å². The summed E-state index contributed by atoms with van der Waals surface area (Å²) in [4.78, 5) is 16.8. The predicted molar refractivity (Wildman–Crippen MR) is 68.0 cm³/mol. The Kier molecular flexibility index (Phi) is 4.18. The summed E-state index contributed by atoms with van der Waals surface area (Å²) >= 11 is 0. The molecule has 0 radical (unpaired) electrons. The number of rotatable bonds is 4. The van der Waals surface area contributed by atoms with Crippen LogP contribution >= 0.6 is 0 Å². The van der Waals surface area contributed by atoms with Crippen LogP contribution in [0.1, 0.15) is 25.3 Å². The van der Waals surface area contributed by atoms with Gasteiger partial charge in [0.15, 0.2) is 0 Å². The largest absolute Gasteiger partial charge is 0.370 e. The molecular formula is C14H18FNO2. The Hall–Kier alpha value is -1.58. The van der Waals surface area contributed by atoms with Crippen molar-refractivity contribution in [1.82, 2.24) is 0 Å². The van der Waals surface area contributed by atoms with Crippen molar-refractivity contribution in [3.63, 3.8) is 0 Å². The van der Waals surface area contributed by atoms with Crippen LogP contribution in [0.2, 0.25) is 0 Å². The van der Waals surface area contributed by atoms with E-state index in [9.17, 15) is 9.32 Å². The van der Waals surface area contributed by atoms with Crippen molar-refractivity contribution < 1.29 is 14.3 Å². The topological polar surface area (TPSA) is 29.5 Å². The predicted octanol–water partition coefficient (Wildman–Crippen LogP) is 2.89. The lowest BCUT2D eigenvalue weighted by Gasteiger charge is -2.33. The number of fused-ring (bicyclic) bond motifs is 1. The zero-order valence-corrected chi connectivity index (χ0v) is 10.6. The van der Waals surface area contributed by atoms with Crippen LogP contribution in [0.15, 0.2) is 24.3 Å². The van der Waals surface area contributed by atoms with Gasteiger partial charge >= 0.3 is 5.97 Å². The van der Waals surface area contributed by atoms with Crippen molar-refractivity contribution in [2.24, 2.45) is 5.92 Å². The number of benzene rings is 1. The van der Waals surface area contributed by atoms with Gasteiger partial charge in [-0.25, -0.2) is 4.79 Å². The molecule has 2 rings (SSSR count). The zero-order valence-electron chi connectivity index (χ0n) is 10.6. The molecule has 0 amide bonds. The highest BCUT2D eigenvalue weighted by Crippen LogP contribution is 2.27. The monoisotopic (exact) mass is 251 g/mol. The average Bonchev–Trinajstić information content (AvgIpc) is 2.44. The number of carbonyl (C=O) groups excluding carboxylic acids is 1. The van der Waals surface area contributed by atoms with Crippen LogP contribution in [0.3, 0.4) is 0 Å². The van der Waals surface area contributed by atoms with Gasteiger partial charge in [-0.3, -0.25) is 4.94 Å². The Morgan fingerprint density at radius 2 is 2.28 bits per heavy atom. The molecule has 0 fully saturated rings. The first-order chi connectivity index (χ1) is 8.76. The summed E-state index contributed by atoms with van der Waals surface area (Å²) in [6.07, 6.45) is 2.72. The van der Waals surface area contributed by atoms with E-state index in [1.807, 2.05) is 19.1 Å². The summed E-state index contributed by atoms with van der Waals surface area (Å²) in [5, 5.41) is 0. The third-order valence-electron chi connectivity index (χ3n) is 3.55. The molecule has 4 heteroatoms. The molecule has 0 bridgehead atoms. The smallest absolute Gasteiger partial charge is 0.353 e. The molecule has 1 unspecified atom stereocenters. The molecule has 3 nitrogen and oxygen atoms in total. The summed E-state index contributed by atoms with van der Waals surface area (Å²) in [7, 11) is 0. The van der Waals surface area contributed by atoms with Crippen molar-refractivity contribution >= 4 is 11.7 Å². The highest BCUT2D eigenvalue weighted by molar-refractivity contribution is 5.73. The van der Waals surface area contributed by atoms with E-state index in [0.29, 0.717) is 13.0 Å². The SMILES string of the molecule is CCC(CN1CCCc2ccccc21)C(=O)OF. The molecule has 1 aliphatic heterocycles. The second-order valence-electron chi connectivity index (χ2n) is 4.68. The quantitative estimate of drug-likeness (QED) is 0.824. The second-order valence-corrected chi connectivity index (χ2v) is 4.68. The standard InChI is InChI=1S/C14H18FNO2/c1-2-11(14(17)18-15)10-16-9-5-7-12-6-3-4-8-13(12)16/h3-4,6,8,11H,2,5,7,9-10H2,1H3. The van der Waals surface area contributed by atoms with E-state index in [2.05, 4.69) is 22.0 Å². The van der Waals surface area contributed by atoms with Gasteiger partial charge in [-0.1, -0.05) is 25.1 Å². The van der Waals surface area contributed by atoms with Gasteiger partial charge in [0.2, 0.25) is 0 Å². The van der Waals surface area contributed by atoms with Crippen LogP contribution in [-0.4, -0.2) is 19.1 Å². The van der Waals surface area contributed by atoms with Gasteiger partial charge < -0.3 is 4.90 Å². The van der Waals surface area contributed by atoms with Crippen molar-refractivity contribution in [3.8, 4) is 0 Å². The lowest BCUT2D eigenvalue weighted by atomic mass is 9.99. The summed E-state index contributed by atoms with van der Waals surface area (Å²) in [5.41, 5.74) is 2.46. The molecule has 0 N–H and O–H groups in total. The van der Waals surface area contributed by atoms with Gasteiger partial charge in [0.25, 0.3) is 0 Å². The Labute approximate surface area is 106 Å². The van der Waals surface area contributed by atoms with Crippen molar-refractivity contribution in [3.05, 3.63) is 29.8 Å². The second kappa shape index (κ2) is 5.85. The fraction of sp³-hybridized carbons (Fsp3) is 0.500. The third-order valence-corrected chi connectivity index (χ3v) is 3.55. The van der Waals surface area contributed by atoms with Crippen LogP contribution in [0.5, 0.6) is 0 Å². The first kappa shape index (κ1) is 12.9. The number of hydrogen-bond acceptors (Lipinski definition) is 3. The molecule has 0 aromatic heterocycles. The summed E-state index contributed by atoms with van der Waals surface area (Å²) < 4.78 is 12.0.